The van der Waals surface area contributed by atoms with Crippen LogP contribution in [0.3, 0.4) is 0 Å². The Bertz CT molecular complexity index is 395. The summed E-state index contributed by atoms with van der Waals surface area (Å²) in [6, 6.07) is 2.09. The minimum Gasteiger partial charge on any atom is -0.330 e. The molecule has 0 aromatic carbocycles. The van der Waals surface area contributed by atoms with Gasteiger partial charge < -0.3 is 5.73 Å². The second-order valence-corrected chi connectivity index (χ2v) is 5.27. The van der Waals surface area contributed by atoms with E-state index in [0.717, 1.165) is 29.5 Å². The zero-order chi connectivity index (χ0) is 10.5. The Balaban J connectivity index is 1.95. The van der Waals surface area contributed by atoms with Gasteiger partial charge in [-0.3, -0.25) is 4.98 Å². The molecule has 0 aliphatic heterocycles. The predicted octanol–water partition coefficient (Wildman–Crippen LogP) is 2.60. The summed E-state index contributed by atoms with van der Waals surface area (Å²) in [4.78, 5) is 4.53. The molecule has 0 atom stereocenters. The third kappa shape index (κ3) is 1.56. The molecule has 80 valence electrons. The topological polar surface area (TPSA) is 38.9 Å². The zero-order valence-corrected chi connectivity index (χ0v) is 9.43. The first-order valence-corrected chi connectivity index (χ1v) is 5.99. The summed E-state index contributed by atoms with van der Waals surface area (Å²) in [6.45, 7) is 0.669. The minimum atomic E-state index is 0.110. The smallest absolute Gasteiger partial charge is 0.0664 e. The van der Waals surface area contributed by atoms with Crippen LogP contribution in [0.2, 0.25) is 5.02 Å². The monoisotopic (exact) mass is 222 g/mol. The average molecular weight is 223 g/mol. The van der Waals surface area contributed by atoms with Gasteiger partial charge in [-0.1, -0.05) is 11.6 Å². The zero-order valence-electron chi connectivity index (χ0n) is 8.67. The van der Waals surface area contributed by atoms with Crippen molar-refractivity contribution in [2.45, 2.75) is 37.0 Å². The summed E-state index contributed by atoms with van der Waals surface area (Å²) in [5.74, 6) is 0.720. The number of halogens is 1. The van der Waals surface area contributed by atoms with E-state index in [0.29, 0.717) is 6.54 Å². The molecule has 2 N–H and O–H groups in total. The van der Waals surface area contributed by atoms with Gasteiger partial charge in [-0.05, 0) is 43.2 Å². The summed E-state index contributed by atoms with van der Waals surface area (Å²) in [7, 11) is 0. The van der Waals surface area contributed by atoms with Crippen LogP contribution in [0.5, 0.6) is 0 Å². The highest BCUT2D eigenvalue weighted by Crippen LogP contribution is 2.49. The van der Waals surface area contributed by atoms with Gasteiger partial charge in [-0.25, -0.2) is 0 Å². The van der Waals surface area contributed by atoms with Gasteiger partial charge in [-0.15, -0.1) is 0 Å². The van der Waals surface area contributed by atoms with Crippen LogP contribution in [0, 0.1) is 0 Å². The van der Waals surface area contributed by atoms with E-state index in [-0.39, 0.29) is 5.41 Å². The molecular formula is C12H15ClN2. The molecule has 0 amide bonds. The van der Waals surface area contributed by atoms with Crippen LogP contribution in [-0.4, -0.2) is 11.5 Å². The molecule has 0 unspecified atom stereocenters. The van der Waals surface area contributed by atoms with Crippen molar-refractivity contribution in [2.24, 2.45) is 5.73 Å². The van der Waals surface area contributed by atoms with Gasteiger partial charge in [0.25, 0.3) is 0 Å². The van der Waals surface area contributed by atoms with E-state index < -0.39 is 0 Å². The van der Waals surface area contributed by atoms with Gasteiger partial charge >= 0.3 is 0 Å². The van der Waals surface area contributed by atoms with Crippen LogP contribution >= 0.6 is 11.6 Å². The van der Waals surface area contributed by atoms with Crippen molar-refractivity contribution < 1.29 is 0 Å². The van der Waals surface area contributed by atoms with Gasteiger partial charge in [0.15, 0.2) is 0 Å². The third-order valence-corrected chi connectivity index (χ3v) is 3.95. The van der Waals surface area contributed by atoms with E-state index >= 15 is 0 Å². The van der Waals surface area contributed by atoms with E-state index in [1.807, 2.05) is 6.20 Å². The number of nitrogens with zero attached hydrogens (tertiary/aromatic N) is 1. The summed E-state index contributed by atoms with van der Waals surface area (Å²) in [6.07, 6.45) is 6.85. The maximum atomic E-state index is 6.29. The molecule has 15 heavy (non-hydrogen) atoms. The van der Waals surface area contributed by atoms with E-state index in [9.17, 15) is 0 Å². The fourth-order valence-corrected chi connectivity index (χ4v) is 2.55. The lowest BCUT2D eigenvalue weighted by Gasteiger charge is -2.14. The second kappa shape index (κ2) is 3.19. The van der Waals surface area contributed by atoms with Crippen molar-refractivity contribution in [2.75, 3.05) is 6.54 Å². The highest BCUT2D eigenvalue weighted by Gasteiger charge is 2.45. The molecule has 2 aliphatic carbocycles. The van der Waals surface area contributed by atoms with Gasteiger partial charge in [-0.2, -0.15) is 0 Å². The van der Waals surface area contributed by atoms with Gasteiger partial charge in [0, 0.05) is 18.2 Å². The SMILES string of the molecule is NCC1(c2ncc(C3CC3)cc2Cl)CC1. The molecule has 1 heterocycles. The molecule has 0 spiro atoms. The molecule has 0 saturated heterocycles. The second-order valence-electron chi connectivity index (χ2n) is 4.86. The molecule has 0 bridgehead atoms. The van der Waals surface area contributed by atoms with Crippen molar-refractivity contribution in [3.8, 4) is 0 Å². The molecular weight excluding hydrogens is 208 g/mol. The number of pyridine rings is 1. The lowest BCUT2D eigenvalue weighted by Crippen LogP contribution is -2.21. The van der Waals surface area contributed by atoms with Crippen LogP contribution in [0.25, 0.3) is 0 Å². The van der Waals surface area contributed by atoms with Crippen LogP contribution < -0.4 is 5.73 Å². The number of rotatable bonds is 3. The van der Waals surface area contributed by atoms with Gasteiger partial charge in [0.2, 0.25) is 0 Å². The fourth-order valence-electron chi connectivity index (χ4n) is 2.17. The molecule has 2 fully saturated rings. The first-order chi connectivity index (χ1) is 7.25. The van der Waals surface area contributed by atoms with Gasteiger partial charge in [0.1, 0.15) is 0 Å². The first kappa shape index (κ1) is 9.61. The number of hydrogen-bond donors (Lipinski definition) is 1. The third-order valence-electron chi connectivity index (χ3n) is 3.66. The fraction of sp³-hybridized carbons (Fsp3) is 0.583. The van der Waals surface area contributed by atoms with Crippen LogP contribution in [0.1, 0.15) is 42.9 Å². The summed E-state index contributed by atoms with van der Waals surface area (Å²) in [5.41, 5.74) is 8.22. The quantitative estimate of drug-likeness (QED) is 0.854. The highest BCUT2D eigenvalue weighted by atomic mass is 35.5. The lowest BCUT2D eigenvalue weighted by atomic mass is 10.0. The molecule has 2 saturated carbocycles. The summed E-state index contributed by atoms with van der Waals surface area (Å²) < 4.78 is 0. The molecule has 2 nitrogen and oxygen atoms in total. The van der Waals surface area contributed by atoms with Crippen LogP contribution in [0.15, 0.2) is 12.3 Å². The highest BCUT2D eigenvalue weighted by molar-refractivity contribution is 6.31. The normalized spacial score (nSPS) is 22.8. The van der Waals surface area contributed by atoms with Crippen molar-refractivity contribution in [3.63, 3.8) is 0 Å². The predicted molar refractivity (Wildman–Crippen MR) is 61.2 cm³/mol. The Morgan fingerprint density at radius 3 is 2.67 bits per heavy atom. The average Bonchev–Trinajstić information content (AvgIpc) is 3.13. The van der Waals surface area contributed by atoms with Crippen molar-refractivity contribution in [3.05, 3.63) is 28.5 Å². The van der Waals surface area contributed by atoms with Crippen LogP contribution in [-0.2, 0) is 5.41 Å². The number of hydrogen-bond acceptors (Lipinski definition) is 2. The number of aromatic nitrogens is 1. The Hall–Kier alpha value is -0.600. The Morgan fingerprint density at radius 1 is 1.47 bits per heavy atom. The van der Waals surface area contributed by atoms with Gasteiger partial charge in [0.05, 0.1) is 10.7 Å². The molecule has 3 rings (SSSR count). The lowest BCUT2D eigenvalue weighted by molar-refractivity contribution is 0.677. The summed E-state index contributed by atoms with van der Waals surface area (Å²) in [5, 5.41) is 0.822. The molecule has 1 aromatic heterocycles. The first-order valence-electron chi connectivity index (χ1n) is 5.61. The van der Waals surface area contributed by atoms with E-state index in [1.54, 1.807) is 0 Å². The molecule has 1 aromatic rings. The summed E-state index contributed by atoms with van der Waals surface area (Å²) >= 11 is 6.29. The van der Waals surface area contributed by atoms with Crippen molar-refractivity contribution >= 4 is 11.6 Å². The molecule has 0 radical (unpaired) electrons. The van der Waals surface area contributed by atoms with E-state index in [4.69, 9.17) is 17.3 Å². The van der Waals surface area contributed by atoms with E-state index in [1.165, 1.54) is 18.4 Å². The molecule has 2 aliphatic rings. The minimum absolute atomic E-state index is 0.110. The van der Waals surface area contributed by atoms with E-state index in [2.05, 4.69) is 11.1 Å². The Kier molecular flexibility index (Phi) is 2.05. The Labute approximate surface area is 94.8 Å². The Morgan fingerprint density at radius 2 is 2.20 bits per heavy atom. The number of nitrogens with two attached hydrogens (primary N) is 1. The van der Waals surface area contributed by atoms with Crippen molar-refractivity contribution in [1.29, 1.82) is 0 Å². The maximum Gasteiger partial charge on any atom is 0.0664 e. The maximum absolute atomic E-state index is 6.29. The molecule has 3 heteroatoms. The largest absolute Gasteiger partial charge is 0.330 e. The van der Waals surface area contributed by atoms with Crippen LogP contribution in [0.4, 0.5) is 0 Å². The van der Waals surface area contributed by atoms with Crippen molar-refractivity contribution in [1.82, 2.24) is 4.98 Å². The standard InChI is InChI=1S/C12H15ClN2/c13-10-5-9(8-1-2-8)6-15-11(10)12(7-14)3-4-12/h5-6,8H,1-4,7,14H2.